The molecule has 0 spiro atoms. The van der Waals surface area contributed by atoms with Crippen LogP contribution in [0.25, 0.3) is 27.6 Å². The van der Waals surface area contributed by atoms with Gasteiger partial charge in [0.1, 0.15) is 5.65 Å². The number of fused-ring (bicyclic) bond motifs is 5. The lowest BCUT2D eigenvalue weighted by atomic mass is 10.2. The Morgan fingerprint density at radius 2 is 1.81 bits per heavy atom. The summed E-state index contributed by atoms with van der Waals surface area (Å²) >= 11 is 1.44. The third kappa shape index (κ3) is 3.12. The molecule has 0 saturated carbocycles. The van der Waals surface area contributed by atoms with Crippen LogP contribution in [-0.2, 0) is 4.79 Å². The number of imidazole rings is 1. The van der Waals surface area contributed by atoms with Gasteiger partial charge in [-0.3, -0.25) is 9.20 Å². The summed E-state index contributed by atoms with van der Waals surface area (Å²) in [6.45, 7) is 4.85. The third-order valence-electron chi connectivity index (χ3n) is 4.15. The number of carbonyl (C=O) groups is 1. The summed E-state index contributed by atoms with van der Waals surface area (Å²) in [6.07, 6.45) is 0. The molecule has 0 saturated heterocycles. The molecule has 0 aliphatic carbocycles. The maximum absolute atomic E-state index is 12.1. The summed E-state index contributed by atoms with van der Waals surface area (Å²) in [5, 5.41) is 4.75. The van der Waals surface area contributed by atoms with Crippen molar-refractivity contribution in [3.8, 4) is 0 Å². The zero-order valence-electron chi connectivity index (χ0n) is 14.8. The van der Waals surface area contributed by atoms with Crippen LogP contribution in [0.2, 0.25) is 0 Å². The number of nitrogens with zero attached hydrogens (tertiary/aromatic N) is 3. The number of carbonyl (C=O) groups excluding carboxylic acids is 1. The molecule has 6 heteroatoms. The minimum absolute atomic E-state index is 0.0243. The summed E-state index contributed by atoms with van der Waals surface area (Å²) in [5.41, 5.74) is 3.70. The first kappa shape index (κ1) is 16.8. The third-order valence-corrected chi connectivity index (χ3v) is 5.09. The number of thioether (sulfide) groups is 1. The van der Waals surface area contributed by atoms with E-state index in [0.29, 0.717) is 18.2 Å². The first-order valence-electron chi connectivity index (χ1n) is 8.69. The van der Waals surface area contributed by atoms with Crippen LogP contribution in [-0.4, -0.2) is 32.6 Å². The number of benzene rings is 2. The van der Waals surface area contributed by atoms with Crippen LogP contribution in [0, 0.1) is 5.92 Å². The van der Waals surface area contributed by atoms with Gasteiger partial charge in [-0.1, -0.05) is 49.9 Å². The molecule has 1 amide bonds. The standard InChI is InChI=1S/C20H20N4OS/c1-13(2)11-21-18(25)12-26-20-23-15-8-4-3-7-14(15)19-22-16-9-5-6-10-17(16)24(19)20/h3-10,13H,11-12H2,1-2H3,(H,21,25). The Bertz CT molecular complexity index is 1100. The molecule has 26 heavy (non-hydrogen) atoms. The predicted octanol–water partition coefficient (Wildman–Crippen LogP) is 3.90. The minimum atomic E-state index is 0.0243. The zero-order valence-corrected chi connectivity index (χ0v) is 15.6. The van der Waals surface area contributed by atoms with Gasteiger partial charge in [0, 0.05) is 11.9 Å². The van der Waals surface area contributed by atoms with Gasteiger partial charge in [-0.25, -0.2) is 9.97 Å². The van der Waals surface area contributed by atoms with Crippen molar-refractivity contribution in [1.82, 2.24) is 19.7 Å². The van der Waals surface area contributed by atoms with Gasteiger partial charge in [-0.15, -0.1) is 0 Å². The number of amides is 1. The maximum atomic E-state index is 12.1. The average Bonchev–Trinajstić information content (AvgIpc) is 3.04. The largest absolute Gasteiger partial charge is 0.355 e. The Hall–Kier alpha value is -2.60. The Labute approximate surface area is 155 Å². The zero-order chi connectivity index (χ0) is 18.1. The summed E-state index contributed by atoms with van der Waals surface area (Å²) in [4.78, 5) is 21.7. The molecule has 2 aromatic heterocycles. The van der Waals surface area contributed by atoms with Gasteiger partial charge in [0.15, 0.2) is 5.16 Å². The molecule has 2 heterocycles. The molecular formula is C20H20N4OS. The maximum Gasteiger partial charge on any atom is 0.230 e. The van der Waals surface area contributed by atoms with Crippen LogP contribution in [0.5, 0.6) is 0 Å². The van der Waals surface area contributed by atoms with Gasteiger partial charge >= 0.3 is 0 Å². The molecule has 4 rings (SSSR count). The van der Waals surface area contributed by atoms with Crippen LogP contribution in [0.3, 0.4) is 0 Å². The topological polar surface area (TPSA) is 59.3 Å². The normalized spacial score (nSPS) is 11.7. The fraction of sp³-hybridized carbons (Fsp3) is 0.250. The molecule has 1 N–H and O–H groups in total. The molecule has 0 bridgehead atoms. The molecule has 5 nitrogen and oxygen atoms in total. The lowest BCUT2D eigenvalue weighted by molar-refractivity contribution is -0.118. The number of aromatic nitrogens is 3. The Morgan fingerprint density at radius 3 is 2.62 bits per heavy atom. The van der Waals surface area contributed by atoms with E-state index >= 15 is 0 Å². The highest BCUT2D eigenvalue weighted by Crippen LogP contribution is 2.28. The van der Waals surface area contributed by atoms with Crippen LogP contribution in [0.15, 0.2) is 53.7 Å². The van der Waals surface area contributed by atoms with E-state index < -0.39 is 0 Å². The van der Waals surface area contributed by atoms with E-state index in [1.165, 1.54) is 11.8 Å². The first-order chi connectivity index (χ1) is 12.6. The van der Waals surface area contributed by atoms with E-state index in [4.69, 9.17) is 9.97 Å². The van der Waals surface area contributed by atoms with Crippen molar-refractivity contribution in [2.24, 2.45) is 5.92 Å². The van der Waals surface area contributed by atoms with Crippen molar-refractivity contribution in [3.05, 3.63) is 48.5 Å². The van der Waals surface area contributed by atoms with E-state index in [1.54, 1.807) is 0 Å². The molecule has 0 radical (unpaired) electrons. The quantitative estimate of drug-likeness (QED) is 0.431. The molecule has 2 aromatic carbocycles. The number of hydrogen-bond acceptors (Lipinski definition) is 4. The minimum Gasteiger partial charge on any atom is -0.355 e. The Morgan fingerprint density at radius 1 is 1.08 bits per heavy atom. The van der Waals surface area contributed by atoms with Crippen molar-refractivity contribution < 1.29 is 4.79 Å². The van der Waals surface area contributed by atoms with E-state index in [2.05, 4.69) is 23.6 Å². The van der Waals surface area contributed by atoms with Gasteiger partial charge in [0.05, 0.1) is 22.3 Å². The molecule has 0 aliphatic rings. The van der Waals surface area contributed by atoms with Crippen molar-refractivity contribution in [2.75, 3.05) is 12.3 Å². The second-order valence-electron chi connectivity index (χ2n) is 6.66. The summed E-state index contributed by atoms with van der Waals surface area (Å²) in [5.74, 6) is 0.794. The van der Waals surface area contributed by atoms with Gasteiger partial charge in [-0.05, 0) is 30.2 Å². The first-order valence-corrected chi connectivity index (χ1v) is 9.67. The smallest absolute Gasteiger partial charge is 0.230 e. The Kier molecular flexibility index (Phi) is 4.51. The number of para-hydroxylation sites is 3. The lowest BCUT2D eigenvalue weighted by Gasteiger charge is -2.09. The summed E-state index contributed by atoms with van der Waals surface area (Å²) in [6, 6.07) is 16.0. The van der Waals surface area contributed by atoms with Crippen LogP contribution in [0.4, 0.5) is 0 Å². The monoisotopic (exact) mass is 364 g/mol. The van der Waals surface area contributed by atoms with Crippen molar-refractivity contribution >= 4 is 45.3 Å². The number of hydrogen-bond donors (Lipinski definition) is 1. The van der Waals surface area contributed by atoms with Gasteiger partial charge < -0.3 is 5.32 Å². The highest BCUT2D eigenvalue weighted by molar-refractivity contribution is 7.99. The molecular weight excluding hydrogens is 344 g/mol. The number of rotatable bonds is 5. The summed E-state index contributed by atoms with van der Waals surface area (Å²) in [7, 11) is 0. The van der Waals surface area contributed by atoms with E-state index in [-0.39, 0.29) is 5.91 Å². The van der Waals surface area contributed by atoms with Gasteiger partial charge in [-0.2, -0.15) is 0 Å². The second-order valence-corrected chi connectivity index (χ2v) is 7.60. The molecule has 132 valence electrons. The fourth-order valence-electron chi connectivity index (χ4n) is 2.91. The second kappa shape index (κ2) is 6.96. The fourth-order valence-corrected chi connectivity index (χ4v) is 3.75. The van der Waals surface area contributed by atoms with Crippen LogP contribution in [0.1, 0.15) is 13.8 Å². The molecule has 0 unspecified atom stereocenters. The van der Waals surface area contributed by atoms with Crippen molar-refractivity contribution in [2.45, 2.75) is 19.0 Å². The lowest BCUT2D eigenvalue weighted by Crippen LogP contribution is -2.28. The molecule has 0 fully saturated rings. The van der Waals surface area contributed by atoms with E-state index in [1.807, 2.05) is 48.5 Å². The van der Waals surface area contributed by atoms with Crippen molar-refractivity contribution in [1.29, 1.82) is 0 Å². The van der Waals surface area contributed by atoms with E-state index in [9.17, 15) is 4.79 Å². The van der Waals surface area contributed by atoms with Crippen LogP contribution >= 0.6 is 11.8 Å². The highest BCUT2D eigenvalue weighted by Gasteiger charge is 2.15. The highest BCUT2D eigenvalue weighted by atomic mass is 32.2. The Balaban J connectivity index is 1.78. The average molecular weight is 364 g/mol. The molecule has 4 aromatic rings. The number of nitrogens with one attached hydrogen (secondary N) is 1. The summed E-state index contributed by atoms with van der Waals surface area (Å²) < 4.78 is 2.05. The SMILES string of the molecule is CC(C)CNC(=O)CSc1nc2ccccc2c2nc3ccccc3n12. The van der Waals surface area contributed by atoms with Crippen LogP contribution < -0.4 is 5.32 Å². The van der Waals surface area contributed by atoms with Gasteiger partial charge in [0.2, 0.25) is 5.91 Å². The van der Waals surface area contributed by atoms with Gasteiger partial charge in [0.25, 0.3) is 0 Å². The predicted molar refractivity (Wildman–Crippen MR) is 107 cm³/mol. The molecule has 0 atom stereocenters. The van der Waals surface area contributed by atoms with Crippen molar-refractivity contribution in [3.63, 3.8) is 0 Å². The molecule has 0 aliphatic heterocycles. The van der Waals surface area contributed by atoms with E-state index in [0.717, 1.165) is 32.7 Å².